The average molecular weight is 560 g/mol. The van der Waals surface area contributed by atoms with Gasteiger partial charge in [0.15, 0.2) is 0 Å². The molecular weight excluding hydrogens is 546 g/mol. The van der Waals surface area contributed by atoms with Crippen LogP contribution >= 0.6 is 23.2 Å². The molecule has 6 nitrogen and oxygen atoms in total. The zero-order valence-corrected chi connectivity index (χ0v) is 20.5. The fourth-order valence-corrected chi connectivity index (χ4v) is 5.95. The lowest BCUT2D eigenvalue weighted by atomic mass is 9.77. The number of benzene rings is 3. The third kappa shape index (κ3) is 3.25. The first kappa shape index (κ1) is 24.8. The van der Waals surface area contributed by atoms with Gasteiger partial charge >= 0.3 is 6.18 Å². The Morgan fingerprint density at radius 3 is 2.00 bits per heavy atom. The molecule has 2 aliphatic heterocycles. The smallest absolute Gasteiger partial charge is 0.349 e. The molecule has 3 aliphatic rings. The minimum atomic E-state index is -4.86. The van der Waals surface area contributed by atoms with Gasteiger partial charge < -0.3 is 4.74 Å². The minimum Gasteiger partial charge on any atom is -0.349 e. The molecule has 0 unspecified atom stereocenters. The first-order valence-corrected chi connectivity index (χ1v) is 12.1. The Labute approximate surface area is 222 Å². The van der Waals surface area contributed by atoms with Crippen LogP contribution in [0.15, 0.2) is 66.7 Å². The number of carbonyl (C=O) groups excluding carboxylic acids is 4. The summed E-state index contributed by atoms with van der Waals surface area (Å²) in [6.45, 7) is 0. The van der Waals surface area contributed by atoms with E-state index in [1.54, 1.807) is 12.1 Å². The number of hydrogen-bond donors (Lipinski definition) is 0. The fourth-order valence-electron chi connectivity index (χ4n) is 5.59. The summed E-state index contributed by atoms with van der Waals surface area (Å²) in [6, 6.07) is 14.7. The number of carbonyl (C=O) groups is 4. The fraction of sp³-hybridized carbons (Fsp3) is 0.185. The zero-order valence-electron chi connectivity index (χ0n) is 19.0. The molecule has 0 radical (unpaired) electrons. The monoisotopic (exact) mass is 559 g/mol. The van der Waals surface area contributed by atoms with Crippen LogP contribution in [0.5, 0.6) is 0 Å². The van der Waals surface area contributed by atoms with Crippen LogP contribution in [0.3, 0.4) is 0 Å². The van der Waals surface area contributed by atoms with Crippen molar-refractivity contribution in [1.29, 1.82) is 0 Å². The summed E-state index contributed by atoms with van der Waals surface area (Å²) in [4.78, 5) is 55.7. The van der Waals surface area contributed by atoms with Crippen LogP contribution in [0.4, 0.5) is 18.9 Å². The molecule has 11 heteroatoms. The van der Waals surface area contributed by atoms with Gasteiger partial charge in [0.2, 0.25) is 29.0 Å². The van der Waals surface area contributed by atoms with Crippen LogP contribution in [-0.2, 0) is 20.5 Å². The van der Waals surface area contributed by atoms with E-state index in [0.29, 0.717) is 21.6 Å². The third-order valence-electron chi connectivity index (χ3n) is 7.23. The standard InChI is InChI=1S/C27H14Cl2F3NO5/c28-13-7-5-12(6-8-13)21-19-20(26(38-21)22(34)15-3-1-2-4-16(15)23(26)35)25(37)33(24(19)36)14-9-10-18(29)17(11-14)27(30,31)32/h1-11,19-21H/t19-,20+,21+/m0/s1. The van der Waals surface area contributed by atoms with Crippen LogP contribution in [-0.4, -0.2) is 29.0 Å². The first-order chi connectivity index (χ1) is 18.0. The van der Waals surface area contributed by atoms with Crippen molar-refractivity contribution < 1.29 is 37.1 Å². The van der Waals surface area contributed by atoms with E-state index in [1.165, 1.54) is 36.4 Å². The van der Waals surface area contributed by atoms with Gasteiger partial charge in [0.05, 0.1) is 34.2 Å². The molecule has 3 aromatic rings. The summed E-state index contributed by atoms with van der Waals surface area (Å²) < 4.78 is 46.8. The van der Waals surface area contributed by atoms with Crippen molar-refractivity contribution in [3.63, 3.8) is 0 Å². The van der Waals surface area contributed by atoms with Crippen LogP contribution in [0.25, 0.3) is 0 Å². The predicted molar refractivity (Wildman–Crippen MR) is 129 cm³/mol. The number of hydrogen-bond acceptors (Lipinski definition) is 5. The number of alkyl halides is 3. The number of imide groups is 1. The first-order valence-electron chi connectivity index (χ1n) is 11.3. The molecule has 3 aromatic carbocycles. The molecule has 3 atom stereocenters. The van der Waals surface area contributed by atoms with Crippen LogP contribution < -0.4 is 4.90 Å². The predicted octanol–water partition coefficient (Wildman–Crippen LogP) is 5.71. The van der Waals surface area contributed by atoms with Gasteiger partial charge in [-0.2, -0.15) is 13.2 Å². The lowest BCUT2D eigenvalue weighted by Crippen LogP contribution is -2.51. The van der Waals surface area contributed by atoms with E-state index in [0.717, 1.165) is 12.1 Å². The quantitative estimate of drug-likeness (QED) is 0.297. The van der Waals surface area contributed by atoms with Crippen molar-refractivity contribution in [3.05, 3.63) is 99.0 Å². The molecule has 1 spiro atoms. The molecule has 0 aromatic heterocycles. The minimum absolute atomic E-state index is 0.0394. The Balaban J connectivity index is 1.53. The molecule has 1 aliphatic carbocycles. The molecule has 2 fully saturated rings. The molecule has 192 valence electrons. The molecule has 2 amide bonds. The molecule has 2 heterocycles. The topological polar surface area (TPSA) is 80.8 Å². The van der Waals surface area contributed by atoms with Gasteiger partial charge in [-0.15, -0.1) is 0 Å². The maximum absolute atomic E-state index is 13.9. The van der Waals surface area contributed by atoms with Crippen molar-refractivity contribution in [1.82, 2.24) is 0 Å². The Bertz CT molecular complexity index is 1530. The summed E-state index contributed by atoms with van der Waals surface area (Å²) in [5, 5.41) is -0.245. The van der Waals surface area contributed by atoms with Gasteiger partial charge in [-0.3, -0.25) is 19.2 Å². The number of ketones is 2. The molecular formula is C27H14Cl2F3NO5. The Hall–Kier alpha value is -3.53. The van der Waals surface area contributed by atoms with E-state index in [4.69, 9.17) is 27.9 Å². The molecule has 0 saturated carbocycles. The van der Waals surface area contributed by atoms with Crippen LogP contribution in [0.2, 0.25) is 10.0 Å². The van der Waals surface area contributed by atoms with Crippen LogP contribution in [0.1, 0.15) is 37.9 Å². The summed E-state index contributed by atoms with van der Waals surface area (Å²) in [6.07, 6.45) is -6.08. The van der Waals surface area contributed by atoms with Crippen molar-refractivity contribution in [2.75, 3.05) is 4.90 Å². The number of Topliss-reactive ketones (excluding diaryl/α,β-unsaturated/α-hetero) is 2. The van der Waals surface area contributed by atoms with Crippen molar-refractivity contribution in [2.24, 2.45) is 11.8 Å². The Kier molecular flexibility index (Phi) is 5.37. The largest absolute Gasteiger partial charge is 0.417 e. The highest BCUT2D eigenvalue weighted by atomic mass is 35.5. The number of amides is 2. The molecule has 0 N–H and O–H groups in total. The maximum Gasteiger partial charge on any atom is 0.417 e. The number of anilines is 1. The lowest BCUT2D eigenvalue weighted by Gasteiger charge is -2.27. The SMILES string of the molecule is O=C1[C@@H]2[C@@H](c3ccc(Cl)cc3)OC3(C(=O)c4ccccc4C3=O)[C@H]2C(=O)N1c1ccc(Cl)c(C(F)(F)F)c1. The highest BCUT2D eigenvalue weighted by Crippen LogP contribution is 2.58. The summed E-state index contributed by atoms with van der Waals surface area (Å²) >= 11 is 11.7. The van der Waals surface area contributed by atoms with Gasteiger partial charge in [-0.1, -0.05) is 59.6 Å². The van der Waals surface area contributed by atoms with E-state index in [9.17, 15) is 32.3 Å². The van der Waals surface area contributed by atoms with Crippen LogP contribution in [0, 0.1) is 11.8 Å². The van der Waals surface area contributed by atoms with Crippen molar-refractivity contribution in [3.8, 4) is 0 Å². The second kappa shape index (κ2) is 8.23. The van der Waals surface area contributed by atoms with E-state index in [-0.39, 0.29) is 16.8 Å². The summed E-state index contributed by atoms with van der Waals surface area (Å²) in [7, 11) is 0. The van der Waals surface area contributed by atoms with Gasteiger partial charge in [0.25, 0.3) is 0 Å². The van der Waals surface area contributed by atoms with E-state index in [2.05, 4.69) is 0 Å². The van der Waals surface area contributed by atoms with Gasteiger partial charge in [0, 0.05) is 16.1 Å². The third-order valence-corrected chi connectivity index (χ3v) is 7.81. The van der Waals surface area contributed by atoms with Gasteiger partial charge in [-0.25, -0.2) is 4.90 Å². The maximum atomic E-state index is 13.9. The number of nitrogens with zero attached hydrogens (tertiary/aromatic N) is 1. The number of rotatable bonds is 2. The van der Waals surface area contributed by atoms with Crippen molar-refractivity contribution in [2.45, 2.75) is 17.9 Å². The summed E-state index contributed by atoms with van der Waals surface area (Å²) in [5.41, 5.74) is -3.52. The number of ether oxygens (including phenoxy) is 1. The van der Waals surface area contributed by atoms with E-state index >= 15 is 0 Å². The molecule has 2 saturated heterocycles. The van der Waals surface area contributed by atoms with E-state index < -0.39 is 63.7 Å². The average Bonchev–Trinajstić information content (AvgIpc) is 3.44. The second-order valence-electron chi connectivity index (χ2n) is 9.21. The molecule has 6 rings (SSSR count). The Morgan fingerprint density at radius 2 is 1.42 bits per heavy atom. The lowest BCUT2D eigenvalue weighted by molar-refractivity contribution is -0.137. The molecule has 38 heavy (non-hydrogen) atoms. The number of halogens is 5. The number of fused-ring (bicyclic) bond motifs is 3. The summed E-state index contributed by atoms with van der Waals surface area (Å²) in [5.74, 6) is -6.44. The highest BCUT2D eigenvalue weighted by Gasteiger charge is 2.74. The van der Waals surface area contributed by atoms with E-state index in [1.807, 2.05) is 0 Å². The molecule has 0 bridgehead atoms. The van der Waals surface area contributed by atoms with Gasteiger partial charge in [-0.05, 0) is 35.9 Å². The zero-order chi connectivity index (χ0) is 27.1. The highest BCUT2D eigenvalue weighted by molar-refractivity contribution is 6.37. The van der Waals surface area contributed by atoms with Gasteiger partial charge in [0.1, 0.15) is 0 Å². The Morgan fingerprint density at radius 1 is 0.816 bits per heavy atom. The normalized spacial score (nSPS) is 23.9. The second-order valence-corrected chi connectivity index (χ2v) is 10.1. The van der Waals surface area contributed by atoms with Crippen molar-refractivity contribution >= 4 is 52.3 Å².